The molecule has 0 radical (unpaired) electrons. The van der Waals surface area contributed by atoms with Crippen molar-refractivity contribution in [3.63, 3.8) is 0 Å². The SMILES string of the molecule is CC(C)Oc1cccc(C(C)NCc2csc(Br)c2)c1. The first-order chi connectivity index (χ1) is 9.54. The first-order valence-electron chi connectivity index (χ1n) is 6.77. The van der Waals surface area contributed by atoms with Gasteiger partial charge in [0.15, 0.2) is 0 Å². The van der Waals surface area contributed by atoms with Crippen LogP contribution in [0.5, 0.6) is 5.75 Å². The van der Waals surface area contributed by atoms with Crippen molar-refractivity contribution in [3.05, 3.63) is 50.6 Å². The highest BCUT2D eigenvalue weighted by atomic mass is 79.9. The fourth-order valence-corrected chi connectivity index (χ4v) is 3.17. The molecule has 1 heterocycles. The van der Waals surface area contributed by atoms with Gasteiger partial charge in [-0.05, 0) is 71.4 Å². The topological polar surface area (TPSA) is 21.3 Å². The van der Waals surface area contributed by atoms with Gasteiger partial charge in [-0.2, -0.15) is 0 Å². The number of thiophene rings is 1. The summed E-state index contributed by atoms with van der Waals surface area (Å²) in [4.78, 5) is 0. The number of halogens is 1. The minimum Gasteiger partial charge on any atom is -0.491 e. The van der Waals surface area contributed by atoms with Gasteiger partial charge in [0.1, 0.15) is 5.75 Å². The maximum absolute atomic E-state index is 5.74. The average molecular weight is 354 g/mol. The van der Waals surface area contributed by atoms with E-state index in [1.54, 1.807) is 11.3 Å². The fraction of sp³-hybridized carbons (Fsp3) is 0.375. The molecule has 1 aromatic carbocycles. The third-order valence-electron chi connectivity index (χ3n) is 2.96. The monoisotopic (exact) mass is 353 g/mol. The number of hydrogen-bond donors (Lipinski definition) is 1. The summed E-state index contributed by atoms with van der Waals surface area (Å²) in [7, 11) is 0. The van der Waals surface area contributed by atoms with Crippen LogP contribution in [0.15, 0.2) is 39.5 Å². The summed E-state index contributed by atoms with van der Waals surface area (Å²) < 4.78 is 6.91. The zero-order valence-corrected chi connectivity index (χ0v) is 14.4. The third-order valence-corrected chi connectivity index (χ3v) is 4.52. The van der Waals surface area contributed by atoms with Gasteiger partial charge in [0.05, 0.1) is 9.89 Å². The minimum atomic E-state index is 0.205. The van der Waals surface area contributed by atoms with Crippen molar-refractivity contribution >= 4 is 27.3 Å². The van der Waals surface area contributed by atoms with Crippen LogP contribution in [0.3, 0.4) is 0 Å². The summed E-state index contributed by atoms with van der Waals surface area (Å²) in [6, 6.07) is 10.8. The zero-order valence-electron chi connectivity index (χ0n) is 12.0. The molecular formula is C16H20BrNOS. The molecule has 2 nitrogen and oxygen atoms in total. The maximum Gasteiger partial charge on any atom is 0.120 e. The standard InChI is InChI=1S/C16H20BrNOS/c1-11(2)19-15-6-4-5-14(8-15)12(3)18-9-13-7-16(17)20-10-13/h4-8,10-12,18H,9H2,1-3H3. The Morgan fingerprint density at radius 2 is 2.05 bits per heavy atom. The predicted octanol–water partition coefficient (Wildman–Crippen LogP) is 5.15. The molecular weight excluding hydrogens is 334 g/mol. The van der Waals surface area contributed by atoms with Crippen LogP contribution in [0, 0.1) is 0 Å². The molecule has 0 aliphatic heterocycles. The summed E-state index contributed by atoms with van der Waals surface area (Å²) in [5.74, 6) is 0.935. The van der Waals surface area contributed by atoms with E-state index in [0.29, 0.717) is 6.04 Å². The Bertz CT molecular complexity index is 553. The lowest BCUT2D eigenvalue weighted by Crippen LogP contribution is -2.17. The molecule has 108 valence electrons. The highest BCUT2D eigenvalue weighted by Crippen LogP contribution is 2.23. The van der Waals surface area contributed by atoms with Gasteiger partial charge in [-0.15, -0.1) is 11.3 Å². The molecule has 0 fully saturated rings. The zero-order chi connectivity index (χ0) is 14.5. The Morgan fingerprint density at radius 3 is 2.70 bits per heavy atom. The first kappa shape index (κ1) is 15.5. The second-order valence-corrected chi connectivity index (χ2v) is 7.39. The van der Waals surface area contributed by atoms with Crippen molar-refractivity contribution in [2.45, 2.75) is 39.5 Å². The van der Waals surface area contributed by atoms with Crippen molar-refractivity contribution in [1.29, 1.82) is 0 Å². The third kappa shape index (κ3) is 4.62. The van der Waals surface area contributed by atoms with Gasteiger partial charge in [-0.1, -0.05) is 12.1 Å². The Hall–Kier alpha value is -0.840. The molecule has 1 unspecified atom stereocenters. The molecule has 0 aliphatic carbocycles. The van der Waals surface area contributed by atoms with Crippen molar-refractivity contribution in [1.82, 2.24) is 5.32 Å². The Kier molecular flexibility index (Phi) is 5.64. The molecule has 0 bridgehead atoms. The molecule has 20 heavy (non-hydrogen) atoms. The van der Waals surface area contributed by atoms with E-state index in [1.165, 1.54) is 14.9 Å². The van der Waals surface area contributed by atoms with Crippen LogP contribution < -0.4 is 10.1 Å². The number of nitrogens with one attached hydrogen (secondary N) is 1. The number of rotatable bonds is 6. The van der Waals surface area contributed by atoms with E-state index in [0.717, 1.165) is 12.3 Å². The van der Waals surface area contributed by atoms with E-state index in [-0.39, 0.29) is 6.10 Å². The van der Waals surface area contributed by atoms with Gasteiger partial charge in [-0.3, -0.25) is 0 Å². The van der Waals surface area contributed by atoms with E-state index < -0.39 is 0 Å². The van der Waals surface area contributed by atoms with Crippen LogP contribution in [0.25, 0.3) is 0 Å². The van der Waals surface area contributed by atoms with E-state index in [2.05, 4.69) is 51.7 Å². The largest absolute Gasteiger partial charge is 0.491 e. The first-order valence-corrected chi connectivity index (χ1v) is 8.45. The molecule has 0 spiro atoms. The van der Waals surface area contributed by atoms with Crippen molar-refractivity contribution in [3.8, 4) is 5.75 Å². The van der Waals surface area contributed by atoms with E-state index in [9.17, 15) is 0 Å². The highest BCUT2D eigenvalue weighted by Gasteiger charge is 2.07. The minimum absolute atomic E-state index is 0.205. The summed E-state index contributed by atoms with van der Waals surface area (Å²) in [6.07, 6.45) is 0.205. The van der Waals surface area contributed by atoms with Gasteiger partial charge in [0.25, 0.3) is 0 Å². The highest BCUT2D eigenvalue weighted by molar-refractivity contribution is 9.11. The lowest BCUT2D eigenvalue weighted by Gasteiger charge is -2.16. The summed E-state index contributed by atoms with van der Waals surface area (Å²) in [5, 5.41) is 5.71. The average Bonchev–Trinajstić information content (AvgIpc) is 2.81. The fourth-order valence-electron chi connectivity index (χ4n) is 1.96. The summed E-state index contributed by atoms with van der Waals surface area (Å²) >= 11 is 5.21. The molecule has 4 heteroatoms. The smallest absolute Gasteiger partial charge is 0.120 e. The lowest BCUT2D eigenvalue weighted by molar-refractivity contribution is 0.242. The Labute approximate surface area is 133 Å². The van der Waals surface area contributed by atoms with Gasteiger partial charge < -0.3 is 10.1 Å². The van der Waals surface area contributed by atoms with E-state index in [1.807, 2.05) is 26.0 Å². The quantitative estimate of drug-likeness (QED) is 0.775. The van der Waals surface area contributed by atoms with Crippen LogP contribution >= 0.6 is 27.3 Å². The number of ether oxygens (including phenoxy) is 1. The number of benzene rings is 1. The predicted molar refractivity (Wildman–Crippen MR) is 89.5 cm³/mol. The van der Waals surface area contributed by atoms with E-state index >= 15 is 0 Å². The van der Waals surface area contributed by atoms with Crippen LogP contribution in [0.4, 0.5) is 0 Å². The maximum atomic E-state index is 5.74. The van der Waals surface area contributed by atoms with Crippen molar-refractivity contribution in [2.75, 3.05) is 0 Å². The van der Waals surface area contributed by atoms with Gasteiger partial charge in [0.2, 0.25) is 0 Å². The van der Waals surface area contributed by atoms with Gasteiger partial charge in [0, 0.05) is 12.6 Å². The van der Waals surface area contributed by atoms with Crippen LogP contribution in [0.1, 0.15) is 37.9 Å². The molecule has 2 aromatic rings. The molecule has 1 N–H and O–H groups in total. The Balaban J connectivity index is 1.96. The molecule has 0 amide bonds. The van der Waals surface area contributed by atoms with E-state index in [4.69, 9.17) is 4.74 Å². The molecule has 1 atom stereocenters. The van der Waals surface area contributed by atoms with Crippen LogP contribution in [-0.4, -0.2) is 6.10 Å². The van der Waals surface area contributed by atoms with Gasteiger partial charge in [-0.25, -0.2) is 0 Å². The molecule has 0 saturated carbocycles. The normalized spacial score (nSPS) is 12.7. The summed E-state index contributed by atoms with van der Waals surface area (Å²) in [5.41, 5.74) is 2.56. The second-order valence-electron chi connectivity index (χ2n) is 5.10. The molecule has 1 aromatic heterocycles. The van der Waals surface area contributed by atoms with Crippen LogP contribution in [0.2, 0.25) is 0 Å². The second kappa shape index (κ2) is 7.25. The van der Waals surface area contributed by atoms with Gasteiger partial charge >= 0.3 is 0 Å². The van der Waals surface area contributed by atoms with Crippen molar-refractivity contribution < 1.29 is 4.74 Å². The Morgan fingerprint density at radius 1 is 1.25 bits per heavy atom. The summed E-state index contributed by atoms with van der Waals surface area (Å²) in [6.45, 7) is 7.14. The molecule has 0 aliphatic rings. The lowest BCUT2D eigenvalue weighted by atomic mass is 10.1. The molecule has 0 saturated heterocycles. The number of hydrogen-bond acceptors (Lipinski definition) is 3. The van der Waals surface area contributed by atoms with Crippen LogP contribution in [-0.2, 0) is 6.54 Å². The molecule has 2 rings (SSSR count). The van der Waals surface area contributed by atoms with Crippen molar-refractivity contribution in [2.24, 2.45) is 0 Å².